The summed E-state index contributed by atoms with van der Waals surface area (Å²) in [5, 5.41) is 18.8. The molecule has 0 unspecified atom stereocenters. The molecule has 0 aliphatic heterocycles. The first kappa shape index (κ1) is 23.6. The molecule has 0 aliphatic carbocycles. The van der Waals surface area contributed by atoms with Crippen molar-refractivity contribution in [3.05, 3.63) is 5.25 Å². The zero-order valence-corrected chi connectivity index (χ0v) is 13.6. The average molecular weight is 390 g/mol. The number of aliphatic carboxylic acids is 2. The largest absolute Gasteiger partial charge is 1.00 e. The smallest absolute Gasteiger partial charge is 0.583 e. The molecule has 8 heteroatoms. The summed E-state index contributed by atoms with van der Waals surface area (Å²) in [5.74, 6) is -3.06. The Morgan fingerprint density at radius 3 is 1.67 bits per heavy atom. The van der Waals surface area contributed by atoms with Gasteiger partial charge in [-0.1, -0.05) is 5.97 Å². The Bertz CT molecular complexity index is 145. The van der Waals surface area contributed by atoms with Crippen LogP contribution in [0.3, 0.4) is 0 Å². The van der Waals surface area contributed by atoms with E-state index in [1.807, 2.05) is 0 Å². The maximum absolute atomic E-state index is 9.72. The van der Waals surface area contributed by atoms with E-state index in [0.29, 0.717) is 0 Å². The summed E-state index contributed by atoms with van der Waals surface area (Å²) in [7, 11) is 0. The molecule has 0 saturated heterocycles. The van der Waals surface area contributed by atoms with Crippen LogP contribution in [0.2, 0.25) is 0 Å². The second-order valence-corrected chi connectivity index (χ2v) is 1.82. The third-order valence-corrected chi connectivity index (χ3v) is 0.888. The van der Waals surface area contributed by atoms with Gasteiger partial charge in [-0.25, -0.2) is 0 Å². The third-order valence-electron chi connectivity index (χ3n) is 0.547. The fourth-order valence-electron chi connectivity index (χ4n) is 0.209. The number of carboxylic acid groups (broad SMARTS) is 2. The average Bonchev–Trinajstić information content (AvgIpc) is 1.63. The van der Waals surface area contributed by atoms with E-state index in [4.69, 9.17) is 0 Å². The Labute approximate surface area is 135 Å². The predicted molar refractivity (Wildman–Crippen MR) is 26.9 cm³/mol. The van der Waals surface area contributed by atoms with Crippen LogP contribution in [0.15, 0.2) is 0 Å². The molecule has 0 saturated carbocycles. The minimum atomic E-state index is -1.58. The molecule has 4 nitrogen and oxygen atoms in total. The van der Waals surface area contributed by atoms with Gasteiger partial charge >= 0.3 is 81.5 Å². The molecule has 0 spiro atoms. The van der Waals surface area contributed by atoms with Gasteiger partial charge in [0, 0.05) is 5.97 Å². The fraction of sp³-hybridized carbons (Fsp3) is 0.250. The van der Waals surface area contributed by atoms with Crippen molar-refractivity contribution in [2.45, 2.75) is 6.42 Å². The normalized spacial score (nSPS) is 6.42. The van der Waals surface area contributed by atoms with Crippen LogP contribution >= 0.6 is 12.6 Å². The Hall–Kier alpha value is 1.90. The van der Waals surface area contributed by atoms with E-state index >= 15 is 0 Å². The minimum Gasteiger partial charge on any atom is -0.583 e. The summed E-state index contributed by atoms with van der Waals surface area (Å²) in [6, 6.07) is 0. The van der Waals surface area contributed by atoms with Crippen molar-refractivity contribution in [1.29, 1.82) is 0 Å². The standard InChI is InChI=1S/C4H5O4S.Au.2Na/c5-3(6)1-2(9)4(7)8;;;/h9H,1H2,(H,5,6)(H,7,8);;;/q-1;3*+1/p-2. The van der Waals surface area contributed by atoms with Gasteiger partial charge in [-0.15, -0.1) is 6.42 Å². The molecule has 0 N–H and O–H groups in total. The number of thiol groups is 1. The molecule has 0 aliphatic rings. The molecule has 0 aromatic rings. The van der Waals surface area contributed by atoms with Gasteiger partial charge in [0.2, 0.25) is 0 Å². The summed E-state index contributed by atoms with van der Waals surface area (Å²) >= 11 is 3.30. The van der Waals surface area contributed by atoms with Gasteiger partial charge in [0.15, 0.2) is 0 Å². The van der Waals surface area contributed by atoms with Crippen LogP contribution in [0.25, 0.3) is 0 Å². The summed E-state index contributed by atoms with van der Waals surface area (Å²) in [5.41, 5.74) is 0. The van der Waals surface area contributed by atoms with Crippen LogP contribution < -0.4 is 69.3 Å². The van der Waals surface area contributed by atoms with Crippen molar-refractivity contribution in [2.75, 3.05) is 0 Å². The van der Waals surface area contributed by atoms with Gasteiger partial charge in [-0.3, -0.25) is 5.25 Å². The van der Waals surface area contributed by atoms with Crippen molar-refractivity contribution >= 4 is 24.6 Å². The van der Waals surface area contributed by atoms with Crippen LogP contribution in [0, 0.1) is 5.25 Å². The first-order chi connectivity index (χ1) is 4.04. The molecule has 0 heterocycles. The van der Waals surface area contributed by atoms with Gasteiger partial charge < -0.3 is 32.4 Å². The molecular weight excluding hydrogens is 387 g/mol. The van der Waals surface area contributed by atoms with E-state index in [1.54, 1.807) is 0 Å². The minimum absolute atomic E-state index is 0. The summed E-state index contributed by atoms with van der Waals surface area (Å²) < 4.78 is 0. The third kappa shape index (κ3) is 14.4. The molecule has 0 rings (SSSR count). The van der Waals surface area contributed by atoms with Gasteiger partial charge in [-0.05, 0) is 0 Å². The van der Waals surface area contributed by atoms with Gasteiger partial charge in [0.05, 0.1) is 0 Å². The number of carboxylic acids is 2. The topological polar surface area (TPSA) is 80.3 Å². The molecule has 0 aromatic heterocycles. The fourth-order valence-corrected chi connectivity index (χ4v) is 0.338. The number of hydrogen-bond donors (Lipinski definition) is 1. The van der Waals surface area contributed by atoms with Crippen LogP contribution in [0.1, 0.15) is 6.42 Å². The van der Waals surface area contributed by atoms with E-state index in [1.165, 1.54) is 0 Å². The Morgan fingerprint density at radius 1 is 1.25 bits per heavy atom. The Balaban J connectivity index is -0.000000107. The Kier molecular flexibility index (Phi) is 25.4. The van der Waals surface area contributed by atoms with Crippen LogP contribution in [-0.2, 0) is 32.0 Å². The van der Waals surface area contributed by atoms with Crippen LogP contribution in [-0.4, -0.2) is 11.9 Å². The maximum atomic E-state index is 9.72. The first-order valence-corrected chi connectivity index (χ1v) is 2.44. The van der Waals surface area contributed by atoms with E-state index in [0.717, 1.165) is 0 Å². The van der Waals surface area contributed by atoms with Crippen molar-refractivity contribution in [3.63, 3.8) is 0 Å². The zero-order chi connectivity index (χ0) is 7.44. The number of rotatable bonds is 3. The van der Waals surface area contributed by atoms with Gasteiger partial charge in [0.1, 0.15) is 0 Å². The second kappa shape index (κ2) is 12.9. The number of carbonyl (C=O) groups is 2. The van der Waals surface area contributed by atoms with E-state index in [-0.39, 0.29) is 81.5 Å². The maximum Gasteiger partial charge on any atom is 1.00 e. The van der Waals surface area contributed by atoms with Crippen molar-refractivity contribution in [2.24, 2.45) is 0 Å². The van der Waals surface area contributed by atoms with Crippen LogP contribution in [0.4, 0.5) is 0 Å². The molecule has 0 bridgehead atoms. The molecule has 62 valence electrons. The second-order valence-electron chi connectivity index (χ2n) is 1.28. The molecule has 0 atom stereocenters. The van der Waals surface area contributed by atoms with E-state index < -0.39 is 23.6 Å². The van der Waals surface area contributed by atoms with E-state index in [9.17, 15) is 19.8 Å². The van der Waals surface area contributed by atoms with Crippen LogP contribution in [0.5, 0.6) is 0 Å². The molecule has 0 amide bonds. The first-order valence-electron chi connectivity index (χ1n) is 2.00. The molecule has 0 fully saturated rings. The molecule has 0 aromatic carbocycles. The molecule has 0 radical (unpaired) electrons. The zero-order valence-electron chi connectivity index (χ0n) is 6.59. The number of hydrogen-bond acceptors (Lipinski definition) is 5. The molecule has 12 heavy (non-hydrogen) atoms. The quantitative estimate of drug-likeness (QED) is 0.295. The van der Waals surface area contributed by atoms with E-state index in [2.05, 4.69) is 12.6 Å². The SMILES string of the molecule is O=C([O-])C[C-](S)C(=O)[O-].[Au+].[Na+].[Na+]. The van der Waals surface area contributed by atoms with Crippen molar-refractivity contribution in [3.8, 4) is 0 Å². The summed E-state index contributed by atoms with van der Waals surface area (Å²) in [6.07, 6.45) is -0.703. The summed E-state index contributed by atoms with van der Waals surface area (Å²) in [4.78, 5) is 19.4. The molecular formula is C4H3AuNa2O4S. The Morgan fingerprint density at radius 2 is 1.58 bits per heavy atom. The van der Waals surface area contributed by atoms with Crippen molar-refractivity contribution < 1.29 is 101 Å². The predicted octanol–water partition coefficient (Wildman–Crippen LogP) is -8.66. The number of carbonyl (C=O) groups excluding carboxylic acids is 2. The summed E-state index contributed by atoms with van der Waals surface area (Å²) in [6.45, 7) is 0. The van der Waals surface area contributed by atoms with Gasteiger partial charge in [0.25, 0.3) is 0 Å². The van der Waals surface area contributed by atoms with Crippen molar-refractivity contribution in [1.82, 2.24) is 0 Å². The monoisotopic (exact) mass is 390 g/mol. The van der Waals surface area contributed by atoms with Gasteiger partial charge in [-0.2, -0.15) is 0 Å².